The molecule has 16 heavy (non-hydrogen) atoms. The maximum Gasteiger partial charge on any atom is 0.123 e. The summed E-state index contributed by atoms with van der Waals surface area (Å²) in [6, 6.07) is 10.4. The molecule has 2 nitrogen and oxygen atoms in total. The zero-order valence-corrected chi connectivity index (χ0v) is 10.6. The Balaban J connectivity index is 2.91. The van der Waals surface area contributed by atoms with Gasteiger partial charge in [0, 0.05) is 6.54 Å². The largest absolute Gasteiger partial charge is 0.287 e. The highest BCUT2D eigenvalue weighted by atomic mass is 15.1. The average Bonchev–Trinajstić information content (AvgIpc) is 2.20. The molecule has 0 aliphatic heterocycles. The third kappa shape index (κ3) is 3.08. The Labute approximate surface area is 98.5 Å². The van der Waals surface area contributed by atoms with Crippen LogP contribution in [0.2, 0.25) is 0 Å². The van der Waals surface area contributed by atoms with Gasteiger partial charge in [0.05, 0.1) is 6.07 Å². The van der Waals surface area contributed by atoms with E-state index in [2.05, 4.69) is 37.8 Å². The van der Waals surface area contributed by atoms with E-state index in [1.54, 1.807) is 0 Å². The zero-order valence-electron chi connectivity index (χ0n) is 10.6. The summed E-state index contributed by atoms with van der Waals surface area (Å²) in [5, 5.41) is 9.30. The summed E-state index contributed by atoms with van der Waals surface area (Å²) < 4.78 is 0. The second kappa shape index (κ2) is 5.67. The number of nitriles is 1. The van der Waals surface area contributed by atoms with E-state index in [-0.39, 0.29) is 6.04 Å². The Morgan fingerprint density at radius 2 is 1.94 bits per heavy atom. The van der Waals surface area contributed by atoms with Gasteiger partial charge in [-0.05, 0) is 31.0 Å². The van der Waals surface area contributed by atoms with Crippen LogP contribution in [0.5, 0.6) is 0 Å². The van der Waals surface area contributed by atoms with E-state index in [9.17, 15) is 5.26 Å². The molecule has 0 aliphatic carbocycles. The first-order chi connectivity index (χ1) is 7.56. The molecule has 1 aromatic carbocycles. The summed E-state index contributed by atoms with van der Waals surface area (Å²) in [5.74, 6) is 0.574. The third-order valence-electron chi connectivity index (χ3n) is 2.70. The summed E-state index contributed by atoms with van der Waals surface area (Å²) in [7, 11) is 2.01. The predicted molar refractivity (Wildman–Crippen MR) is 67.0 cm³/mol. The number of hydrogen-bond donors (Lipinski definition) is 0. The molecule has 0 heterocycles. The molecule has 0 spiro atoms. The highest BCUT2D eigenvalue weighted by Crippen LogP contribution is 2.22. The molecule has 0 saturated heterocycles. The monoisotopic (exact) mass is 216 g/mol. The Morgan fingerprint density at radius 1 is 1.31 bits per heavy atom. The molecule has 0 saturated carbocycles. The number of nitrogens with zero attached hydrogens (tertiary/aromatic N) is 2. The standard InChI is InChI=1S/C14H20N2/c1-11(2)10-16(4)14(9-15)13-8-6-5-7-12(13)3/h5-8,11,14H,10H2,1-4H3. The maximum atomic E-state index is 9.30. The van der Waals surface area contributed by atoms with Gasteiger partial charge in [0.25, 0.3) is 0 Å². The molecule has 1 atom stereocenters. The Morgan fingerprint density at radius 3 is 2.44 bits per heavy atom. The van der Waals surface area contributed by atoms with Crippen LogP contribution in [-0.2, 0) is 0 Å². The van der Waals surface area contributed by atoms with Crippen molar-refractivity contribution in [3.63, 3.8) is 0 Å². The van der Waals surface area contributed by atoms with Crippen LogP contribution < -0.4 is 0 Å². The predicted octanol–water partition coefficient (Wildman–Crippen LogP) is 3.15. The van der Waals surface area contributed by atoms with E-state index in [0.29, 0.717) is 5.92 Å². The quantitative estimate of drug-likeness (QED) is 0.773. The first kappa shape index (κ1) is 12.7. The lowest BCUT2D eigenvalue weighted by Crippen LogP contribution is -2.27. The van der Waals surface area contributed by atoms with Crippen molar-refractivity contribution >= 4 is 0 Å². The molecule has 0 aromatic heterocycles. The molecule has 1 rings (SSSR count). The Hall–Kier alpha value is -1.33. The van der Waals surface area contributed by atoms with E-state index >= 15 is 0 Å². The Bertz CT molecular complexity index is 377. The van der Waals surface area contributed by atoms with Gasteiger partial charge in [-0.25, -0.2) is 0 Å². The normalized spacial score (nSPS) is 12.8. The van der Waals surface area contributed by atoms with Gasteiger partial charge in [-0.1, -0.05) is 38.1 Å². The molecule has 86 valence electrons. The molecule has 0 N–H and O–H groups in total. The van der Waals surface area contributed by atoms with Crippen molar-refractivity contribution in [2.75, 3.05) is 13.6 Å². The van der Waals surface area contributed by atoms with E-state index in [0.717, 1.165) is 12.1 Å². The van der Waals surface area contributed by atoms with Crippen molar-refractivity contribution in [2.24, 2.45) is 5.92 Å². The van der Waals surface area contributed by atoms with Crippen LogP contribution in [0.15, 0.2) is 24.3 Å². The lowest BCUT2D eigenvalue weighted by molar-refractivity contribution is 0.258. The fraction of sp³-hybridized carbons (Fsp3) is 0.500. The second-order valence-electron chi connectivity index (χ2n) is 4.72. The van der Waals surface area contributed by atoms with Crippen molar-refractivity contribution in [1.29, 1.82) is 5.26 Å². The van der Waals surface area contributed by atoms with Gasteiger partial charge < -0.3 is 0 Å². The van der Waals surface area contributed by atoms with Crippen LogP contribution in [0.3, 0.4) is 0 Å². The van der Waals surface area contributed by atoms with Crippen molar-refractivity contribution in [3.8, 4) is 6.07 Å². The van der Waals surface area contributed by atoms with Crippen molar-refractivity contribution in [2.45, 2.75) is 26.8 Å². The summed E-state index contributed by atoms with van der Waals surface area (Å²) in [4.78, 5) is 2.12. The van der Waals surface area contributed by atoms with Crippen LogP contribution >= 0.6 is 0 Å². The highest BCUT2D eigenvalue weighted by Gasteiger charge is 2.18. The molecule has 1 aromatic rings. The lowest BCUT2D eigenvalue weighted by atomic mass is 10.0. The molecule has 0 amide bonds. The van der Waals surface area contributed by atoms with Gasteiger partial charge in [0.2, 0.25) is 0 Å². The van der Waals surface area contributed by atoms with Gasteiger partial charge in [0.1, 0.15) is 6.04 Å². The van der Waals surface area contributed by atoms with Crippen LogP contribution in [0.25, 0.3) is 0 Å². The molecular formula is C14H20N2. The van der Waals surface area contributed by atoms with Crippen LogP contribution in [0, 0.1) is 24.2 Å². The van der Waals surface area contributed by atoms with E-state index in [1.165, 1.54) is 5.56 Å². The van der Waals surface area contributed by atoms with Crippen LogP contribution in [0.4, 0.5) is 0 Å². The van der Waals surface area contributed by atoms with Gasteiger partial charge in [-0.15, -0.1) is 0 Å². The van der Waals surface area contributed by atoms with Crippen LogP contribution in [0.1, 0.15) is 31.0 Å². The van der Waals surface area contributed by atoms with Crippen molar-refractivity contribution in [3.05, 3.63) is 35.4 Å². The summed E-state index contributed by atoms with van der Waals surface area (Å²) in [6.45, 7) is 7.33. The third-order valence-corrected chi connectivity index (χ3v) is 2.70. The van der Waals surface area contributed by atoms with E-state index in [1.807, 2.05) is 25.2 Å². The van der Waals surface area contributed by atoms with Gasteiger partial charge in [0.15, 0.2) is 0 Å². The fourth-order valence-corrected chi connectivity index (χ4v) is 1.98. The molecule has 0 radical (unpaired) electrons. The Kier molecular flexibility index (Phi) is 4.52. The molecule has 1 unspecified atom stereocenters. The number of hydrogen-bond acceptors (Lipinski definition) is 2. The average molecular weight is 216 g/mol. The van der Waals surface area contributed by atoms with Crippen LogP contribution in [-0.4, -0.2) is 18.5 Å². The van der Waals surface area contributed by atoms with Crippen molar-refractivity contribution < 1.29 is 0 Å². The fourth-order valence-electron chi connectivity index (χ4n) is 1.98. The number of benzene rings is 1. The minimum Gasteiger partial charge on any atom is -0.287 e. The first-order valence-electron chi connectivity index (χ1n) is 5.71. The molecule has 0 fully saturated rings. The minimum atomic E-state index is -0.136. The number of rotatable bonds is 4. The maximum absolute atomic E-state index is 9.30. The molecule has 0 bridgehead atoms. The van der Waals surface area contributed by atoms with E-state index < -0.39 is 0 Å². The van der Waals surface area contributed by atoms with Gasteiger partial charge in [-0.2, -0.15) is 5.26 Å². The molecule has 2 heteroatoms. The van der Waals surface area contributed by atoms with E-state index in [4.69, 9.17) is 0 Å². The smallest absolute Gasteiger partial charge is 0.123 e. The topological polar surface area (TPSA) is 27.0 Å². The zero-order chi connectivity index (χ0) is 12.1. The summed E-state index contributed by atoms with van der Waals surface area (Å²) in [5.41, 5.74) is 2.30. The highest BCUT2D eigenvalue weighted by molar-refractivity contribution is 5.32. The summed E-state index contributed by atoms with van der Waals surface area (Å²) >= 11 is 0. The number of aryl methyl sites for hydroxylation is 1. The summed E-state index contributed by atoms with van der Waals surface area (Å²) in [6.07, 6.45) is 0. The molecular weight excluding hydrogens is 196 g/mol. The van der Waals surface area contributed by atoms with Gasteiger partial charge >= 0.3 is 0 Å². The second-order valence-corrected chi connectivity index (χ2v) is 4.72. The van der Waals surface area contributed by atoms with Crippen molar-refractivity contribution in [1.82, 2.24) is 4.90 Å². The minimum absolute atomic E-state index is 0.136. The molecule has 0 aliphatic rings. The SMILES string of the molecule is Cc1ccccc1C(C#N)N(C)CC(C)C. The van der Waals surface area contributed by atoms with Gasteiger partial charge in [-0.3, -0.25) is 4.90 Å². The first-order valence-corrected chi connectivity index (χ1v) is 5.71. The lowest BCUT2D eigenvalue weighted by Gasteiger charge is -2.25.